The number of nitrogens with zero attached hydrogens (tertiary/aromatic N) is 2. The molecule has 4 rings (SSSR count). The van der Waals surface area contributed by atoms with Crippen LogP contribution >= 0.6 is 0 Å². The molecule has 2 aromatic carbocycles. The van der Waals surface area contributed by atoms with E-state index in [2.05, 4.69) is 15.5 Å². The summed E-state index contributed by atoms with van der Waals surface area (Å²) in [7, 11) is 3.10. The van der Waals surface area contributed by atoms with Gasteiger partial charge in [0.25, 0.3) is 5.91 Å². The van der Waals surface area contributed by atoms with E-state index in [1.54, 1.807) is 44.6 Å². The van der Waals surface area contributed by atoms with Crippen molar-refractivity contribution < 1.29 is 23.7 Å². The first-order chi connectivity index (χ1) is 15.1. The van der Waals surface area contributed by atoms with Crippen molar-refractivity contribution in [3.05, 3.63) is 53.7 Å². The number of H-pyrrole nitrogens is 1. The molecule has 1 aliphatic rings. The van der Waals surface area contributed by atoms with Crippen LogP contribution in [-0.2, 0) is 4.79 Å². The number of fused-ring (bicyclic) bond motifs is 1. The largest absolute Gasteiger partial charge is 0.493 e. The van der Waals surface area contributed by atoms with Crippen LogP contribution < -0.4 is 24.3 Å². The summed E-state index contributed by atoms with van der Waals surface area (Å²) in [6.07, 6.45) is 3.01. The average molecular weight is 418 g/mol. The smallest absolute Gasteiger partial charge is 0.266 e. The predicted molar refractivity (Wildman–Crippen MR) is 112 cm³/mol. The standard InChI is InChI=1S/C22H18N4O5/c1-28-17-5-3-13(8-19(17)29-2)21-15(11-24-26-21)7-14(10-23)22(27)25-16-4-6-18-20(9-16)31-12-30-18/h3-9,11H,12H2,1-2H3,(H,24,26)(H,25,27)/b14-7-. The molecule has 1 aliphatic heterocycles. The van der Waals surface area contributed by atoms with Crippen LogP contribution in [0.25, 0.3) is 17.3 Å². The molecular weight excluding hydrogens is 400 g/mol. The van der Waals surface area contributed by atoms with Crippen LogP contribution in [-0.4, -0.2) is 37.1 Å². The van der Waals surface area contributed by atoms with E-state index >= 15 is 0 Å². The third-order valence-electron chi connectivity index (χ3n) is 4.64. The zero-order valence-corrected chi connectivity index (χ0v) is 16.8. The number of methoxy groups -OCH3 is 2. The van der Waals surface area contributed by atoms with E-state index in [1.807, 2.05) is 12.1 Å². The number of amides is 1. The summed E-state index contributed by atoms with van der Waals surface area (Å²) >= 11 is 0. The zero-order valence-electron chi connectivity index (χ0n) is 16.8. The Balaban J connectivity index is 1.60. The van der Waals surface area contributed by atoms with Crippen LogP contribution in [0.3, 0.4) is 0 Å². The lowest BCUT2D eigenvalue weighted by molar-refractivity contribution is -0.112. The number of carbonyl (C=O) groups excluding carboxylic acids is 1. The SMILES string of the molecule is COc1ccc(-c2[nH]ncc2/C=C(/C#N)C(=O)Nc2ccc3c(c2)OCO3)cc1OC. The summed E-state index contributed by atoms with van der Waals surface area (Å²) < 4.78 is 21.2. The van der Waals surface area contributed by atoms with E-state index < -0.39 is 5.91 Å². The van der Waals surface area contributed by atoms with Gasteiger partial charge in [-0.15, -0.1) is 0 Å². The predicted octanol–water partition coefficient (Wildman–Crippen LogP) is 3.37. The number of aromatic nitrogens is 2. The van der Waals surface area contributed by atoms with Gasteiger partial charge in [0.15, 0.2) is 23.0 Å². The van der Waals surface area contributed by atoms with Crippen molar-refractivity contribution in [1.82, 2.24) is 10.2 Å². The lowest BCUT2D eigenvalue weighted by Gasteiger charge is -2.09. The van der Waals surface area contributed by atoms with Crippen molar-refractivity contribution in [2.24, 2.45) is 0 Å². The fourth-order valence-electron chi connectivity index (χ4n) is 3.10. The number of hydrogen-bond acceptors (Lipinski definition) is 7. The molecular formula is C22H18N4O5. The Morgan fingerprint density at radius 3 is 2.74 bits per heavy atom. The topological polar surface area (TPSA) is 118 Å². The molecule has 9 heteroatoms. The number of carbonyl (C=O) groups is 1. The lowest BCUT2D eigenvalue weighted by atomic mass is 10.1. The molecule has 31 heavy (non-hydrogen) atoms. The highest BCUT2D eigenvalue weighted by molar-refractivity contribution is 6.10. The Hall–Kier alpha value is -4.45. The number of ether oxygens (including phenoxy) is 4. The maximum atomic E-state index is 12.7. The molecule has 0 unspecified atom stereocenters. The van der Waals surface area contributed by atoms with Gasteiger partial charge in [0, 0.05) is 22.9 Å². The number of rotatable bonds is 6. The Bertz CT molecular complexity index is 1210. The van der Waals surface area contributed by atoms with Crippen molar-refractivity contribution in [2.75, 3.05) is 26.3 Å². The van der Waals surface area contributed by atoms with Crippen LogP contribution in [0.15, 0.2) is 48.2 Å². The second kappa shape index (κ2) is 8.51. The Labute approximate surface area is 177 Å². The number of nitrogens with one attached hydrogen (secondary N) is 2. The van der Waals surface area contributed by atoms with Gasteiger partial charge in [-0.05, 0) is 36.4 Å². The van der Waals surface area contributed by atoms with Gasteiger partial charge in [-0.2, -0.15) is 10.4 Å². The van der Waals surface area contributed by atoms with Crippen LogP contribution in [0.2, 0.25) is 0 Å². The molecule has 0 atom stereocenters. The van der Waals surface area contributed by atoms with Crippen molar-refractivity contribution in [2.45, 2.75) is 0 Å². The maximum Gasteiger partial charge on any atom is 0.266 e. The van der Waals surface area contributed by atoms with Gasteiger partial charge < -0.3 is 24.3 Å². The van der Waals surface area contributed by atoms with E-state index in [-0.39, 0.29) is 12.4 Å². The molecule has 2 heterocycles. The Morgan fingerprint density at radius 1 is 1.16 bits per heavy atom. The van der Waals surface area contributed by atoms with Gasteiger partial charge in [-0.3, -0.25) is 9.89 Å². The van der Waals surface area contributed by atoms with Gasteiger partial charge in [0.1, 0.15) is 11.6 Å². The Kier molecular flexibility index (Phi) is 5.45. The van der Waals surface area contributed by atoms with Crippen molar-refractivity contribution in [3.8, 4) is 40.3 Å². The molecule has 1 amide bonds. The summed E-state index contributed by atoms with van der Waals surface area (Å²) in [5.41, 5.74) is 2.37. The van der Waals surface area contributed by atoms with E-state index in [0.717, 1.165) is 5.56 Å². The second-order valence-electron chi connectivity index (χ2n) is 6.46. The summed E-state index contributed by atoms with van der Waals surface area (Å²) in [5, 5.41) is 19.2. The van der Waals surface area contributed by atoms with Crippen molar-refractivity contribution >= 4 is 17.7 Å². The molecule has 9 nitrogen and oxygen atoms in total. The molecule has 0 bridgehead atoms. The van der Waals surface area contributed by atoms with Crippen LogP contribution in [0.1, 0.15) is 5.56 Å². The molecule has 0 radical (unpaired) electrons. The first-order valence-corrected chi connectivity index (χ1v) is 9.21. The van der Waals surface area contributed by atoms with Crippen LogP contribution in [0, 0.1) is 11.3 Å². The fraction of sp³-hybridized carbons (Fsp3) is 0.136. The van der Waals surface area contributed by atoms with E-state index in [0.29, 0.717) is 39.9 Å². The Morgan fingerprint density at radius 2 is 1.97 bits per heavy atom. The molecule has 0 saturated heterocycles. The van der Waals surface area contributed by atoms with Gasteiger partial charge in [0.05, 0.1) is 26.1 Å². The lowest BCUT2D eigenvalue weighted by Crippen LogP contribution is -2.13. The first kappa shape index (κ1) is 19.8. The van der Waals surface area contributed by atoms with Crippen LogP contribution in [0.5, 0.6) is 23.0 Å². The highest BCUT2D eigenvalue weighted by atomic mass is 16.7. The molecule has 156 valence electrons. The molecule has 2 N–H and O–H groups in total. The third kappa shape index (κ3) is 4.00. The van der Waals surface area contributed by atoms with Crippen molar-refractivity contribution in [3.63, 3.8) is 0 Å². The van der Waals surface area contributed by atoms with E-state index in [1.165, 1.54) is 12.3 Å². The molecule has 0 saturated carbocycles. The van der Waals surface area contributed by atoms with Gasteiger partial charge >= 0.3 is 0 Å². The number of aromatic amines is 1. The summed E-state index contributed by atoms with van der Waals surface area (Å²) in [6, 6.07) is 12.3. The van der Waals surface area contributed by atoms with E-state index in [4.69, 9.17) is 18.9 Å². The highest BCUT2D eigenvalue weighted by Crippen LogP contribution is 2.35. The van der Waals surface area contributed by atoms with Gasteiger partial charge in [-0.25, -0.2) is 0 Å². The quantitative estimate of drug-likeness (QED) is 0.465. The summed E-state index contributed by atoms with van der Waals surface area (Å²) in [6.45, 7) is 0.134. The van der Waals surface area contributed by atoms with Gasteiger partial charge in [0.2, 0.25) is 6.79 Å². The minimum atomic E-state index is -0.555. The number of nitriles is 1. The minimum absolute atomic E-state index is 0.0826. The molecule has 3 aromatic rings. The van der Waals surface area contributed by atoms with E-state index in [9.17, 15) is 10.1 Å². The average Bonchev–Trinajstić information content (AvgIpc) is 3.45. The molecule has 0 fully saturated rings. The second-order valence-corrected chi connectivity index (χ2v) is 6.46. The minimum Gasteiger partial charge on any atom is -0.493 e. The number of hydrogen-bond donors (Lipinski definition) is 2. The zero-order chi connectivity index (χ0) is 21.8. The highest BCUT2D eigenvalue weighted by Gasteiger charge is 2.17. The van der Waals surface area contributed by atoms with Crippen molar-refractivity contribution in [1.29, 1.82) is 5.26 Å². The number of benzene rings is 2. The molecule has 1 aromatic heterocycles. The third-order valence-corrected chi connectivity index (χ3v) is 4.64. The summed E-state index contributed by atoms with van der Waals surface area (Å²) in [4.78, 5) is 12.7. The fourth-order valence-corrected chi connectivity index (χ4v) is 3.10. The first-order valence-electron chi connectivity index (χ1n) is 9.21. The van der Waals surface area contributed by atoms with Crippen LogP contribution in [0.4, 0.5) is 5.69 Å². The molecule has 0 aliphatic carbocycles. The summed E-state index contributed by atoms with van der Waals surface area (Å²) in [5.74, 6) is 1.72. The monoisotopic (exact) mass is 418 g/mol. The maximum absolute atomic E-state index is 12.7. The van der Waals surface area contributed by atoms with Gasteiger partial charge in [-0.1, -0.05) is 0 Å². The molecule has 0 spiro atoms. The number of anilines is 1. The normalized spacial score (nSPS) is 12.2.